The summed E-state index contributed by atoms with van der Waals surface area (Å²) < 4.78 is 12.5. The summed E-state index contributed by atoms with van der Waals surface area (Å²) in [4.78, 5) is 15.3. The van der Waals surface area contributed by atoms with Gasteiger partial charge in [-0.3, -0.25) is 9.69 Å². The first kappa shape index (κ1) is 28.6. The predicted molar refractivity (Wildman–Crippen MR) is 153 cm³/mol. The quantitative estimate of drug-likeness (QED) is 0.134. The molecule has 4 aliphatic rings. The van der Waals surface area contributed by atoms with Crippen molar-refractivity contribution < 1.29 is 24.5 Å². The Balaban J connectivity index is 1.33. The molecule has 1 spiro atoms. The summed E-state index contributed by atoms with van der Waals surface area (Å²) in [5, 5.41) is 23.5. The van der Waals surface area contributed by atoms with Crippen molar-refractivity contribution in [3.63, 3.8) is 0 Å². The smallest absolute Gasteiger partial charge is 0.311 e. The Hall–Kier alpha value is -1.89. The Bertz CT molecular complexity index is 1030. The topological polar surface area (TPSA) is 79.2 Å². The molecule has 2 heterocycles. The Labute approximate surface area is 234 Å². The largest absolute Gasteiger partial charge is 0.482 e. The molecular formula is C33H49NO5. The van der Waals surface area contributed by atoms with Crippen LogP contribution in [0.3, 0.4) is 0 Å². The Morgan fingerprint density at radius 3 is 2.67 bits per heavy atom. The number of aliphatic hydroxyl groups excluding tert-OH is 1. The van der Waals surface area contributed by atoms with Gasteiger partial charge in [-0.15, -0.1) is 6.58 Å². The van der Waals surface area contributed by atoms with Crippen molar-refractivity contribution in [2.75, 3.05) is 13.1 Å². The molecule has 2 fully saturated rings. The molecule has 5 rings (SSSR count). The summed E-state index contributed by atoms with van der Waals surface area (Å²) in [6, 6.07) is 3.91. The van der Waals surface area contributed by atoms with E-state index in [1.807, 2.05) is 26.0 Å². The average molecular weight is 540 g/mol. The van der Waals surface area contributed by atoms with Gasteiger partial charge in [-0.1, -0.05) is 51.2 Å². The number of hydrogen-bond donors (Lipinski definition) is 2. The molecule has 2 aliphatic carbocycles. The van der Waals surface area contributed by atoms with Crippen LogP contribution in [0.15, 0.2) is 24.8 Å². The third kappa shape index (κ3) is 5.17. The predicted octanol–water partition coefficient (Wildman–Crippen LogP) is 5.85. The number of benzene rings is 1. The second-order valence-electron chi connectivity index (χ2n) is 12.7. The number of likely N-dealkylation sites (tertiary alicyclic amines) is 1. The number of nitrogens with zero attached hydrogens (tertiary/aromatic N) is 1. The fraction of sp³-hybridized carbons (Fsp3) is 0.727. The van der Waals surface area contributed by atoms with Crippen LogP contribution in [0.4, 0.5) is 0 Å². The zero-order chi connectivity index (χ0) is 27.6. The van der Waals surface area contributed by atoms with Crippen LogP contribution in [0.1, 0.15) is 108 Å². The van der Waals surface area contributed by atoms with E-state index in [0.717, 1.165) is 68.7 Å². The molecule has 5 unspecified atom stereocenters. The van der Waals surface area contributed by atoms with Gasteiger partial charge in [0.25, 0.3) is 0 Å². The van der Waals surface area contributed by atoms with E-state index in [2.05, 4.69) is 17.5 Å². The lowest BCUT2D eigenvalue weighted by atomic mass is 9.52. The molecule has 2 N–H and O–H groups in total. The van der Waals surface area contributed by atoms with Crippen LogP contribution in [-0.4, -0.2) is 58.0 Å². The van der Waals surface area contributed by atoms with E-state index in [0.29, 0.717) is 24.3 Å². The molecule has 5 atom stereocenters. The van der Waals surface area contributed by atoms with Crippen molar-refractivity contribution in [2.45, 2.75) is 133 Å². The summed E-state index contributed by atoms with van der Waals surface area (Å²) in [6.07, 6.45) is 14.5. The lowest BCUT2D eigenvalue weighted by Gasteiger charge is -2.60. The summed E-state index contributed by atoms with van der Waals surface area (Å²) in [7, 11) is 0. The number of ether oxygens (including phenoxy) is 2. The van der Waals surface area contributed by atoms with E-state index in [9.17, 15) is 15.0 Å². The van der Waals surface area contributed by atoms with Crippen molar-refractivity contribution in [3.05, 3.63) is 35.9 Å². The Morgan fingerprint density at radius 1 is 1.23 bits per heavy atom. The number of carbonyl (C=O) groups is 1. The van der Waals surface area contributed by atoms with E-state index < -0.39 is 23.2 Å². The molecule has 2 aliphatic heterocycles. The van der Waals surface area contributed by atoms with Gasteiger partial charge in [-0.2, -0.15) is 0 Å². The highest BCUT2D eigenvalue weighted by atomic mass is 16.6. The van der Waals surface area contributed by atoms with Crippen molar-refractivity contribution >= 4 is 5.97 Å². The minimum absolute atomic E-state index is 0.0226. The van der Waals surface area contributed by atoms with E-state index >= 15 is 0 Å². The van der Waals surface area contributed by atoms with Crippen LogP contribution in [-0.2, 0) is 16.6 Å². The molecule has 216 valence electrons. The van der Waals surface area contributed by atoms with E-state index in [1.54, 1.807) is 0 Å². The summed E-state index contributed by atoms with van der Waals surface area (Å²) in [5.74, 6) is 1.47. The number of esters is 1. The second kappa shape index (κ2) is 11.9. The minimum atomic E-state index is -1.07. The molecule has 1 saturated carbocycles. The van der Waals surface area contributed by atoms with E-state index in [4.69, 9.17) is 9.47 Å². The third-order valence-corrected chi connectivity index (χ3v) is 10.3. The molecule has 0 radical (unpaired) electrons. The van der Waals surface area contributed by atoms with Crippen LogP contribution in [0.25, 0.3) is 0 Å². The molecule has 1 aromatic carbocycles. The van der Waals surface area contributed by atoms with Gasteiger partial charge in [0.2, 0.25) is 0 Å². The molecule has 0 amide bonds. The molecule has 1 aromatic rings. The number of piperidine rings is 1. The van der Waals surface area contributed by atoms with Crippen LogP contribution in [0.2, 0.25) is 0 Å². The fourth-order valence-electron chi connectivity index (χ4n) is 7.84. The fourth-order valence-corrected chi connectivity index (χ4v) is 7.84. The molecule has 0 aromatic heterocycles. The maximum Gasteiger partial charge on any atom is 0.311 e. The highest BCUT2D eigenvalue weighted by molar-refractivity contribution is 5.74. The van der Waals surface area contributed by atoms with Gasteiger partial charge in [-0.05, 0) is 82.4 Å². The molecule has 2 bridgehead atoms. The maximum atomic E-state index is 12.8. The van der Waals surface area contributed by atoms with Crippen molar-refractivity contribution in [3.8, 4) is 11.5 Å². The average Bonchev–Trinajstić information content (AvgIpc) is 3.24. The van der Waals surface area contributed by atoms with Crippen molar-refractivity contribution in [1.82, 2.24) is 4.90 Å². The van der Waals surface area contributed by atoms with Gasteiger partial charge >= 0.3 is 5.97 Å². The monoisotopic (exact) mass is 539 g/mol. The van der Waals surface area contributed by atoms with Gasteiger partial charge in [-0.25, -0.2) is 0 Å². The van der Waals surface area contributed by atoms with E-state index in [1.165, 1.54) is 38.5 Å². The minimum Gasteiger partial charge on any atom is -0.482 e. The summed E-state index contributed by atoms with van der Waals surface area (Å²) in [5.41, 5.74) is 0.332. The molecule has 39 heavy (non-hydrogen) atoms. The summed E-state index contributed by atoms with van der Waals surface area (Å²) in [6.45, 7) is 9.59. The Morgan fingerprint density at radius 2 is 1.97 bits per heavy atom. The first-order chi connectivity index (χ1) is 18.8. The summed E-state index contributed by atoms with van der Waals surface area (Å²) >= 11 is 0. The van der Waals surface area contributed by atoms with Crippen LogP contribution in [0, 0.1) is 5.92 Å². The lowest BCUT2D eigenvalue weighted by molar-refractivity contribution is -0.172. The van der Waals surface area contributed by atoms with Gasteiger partial charge in [0.15, 0.2) is 11.5 Å². The van der Waals surface area contributed by atoms with Gasteiger partial charge < -0.3 is 19.7 Å². The van der Waals surface area contributed by atoms with Crippen LogP contribution >= 0.6 is 0 Å². The number of aliphatic hydroxyl groups is 2. The zero-order valence-electron chi connectivity index (χ0n) is 24.1. The number of allylic oxidation sites excluding steroid dienone is 1. The number of carbonyl (C=O) groups excluding carboxylic acids is 1. The highest BCUT2D eigenvalue weighted by Crippen LogP contribution is 2.62. The SMILES string of the molecule is C=CCCCCCCCCC(=O)Oc1ccc2c3c1OC(C(O)CC)C31CCN(CC3CCC3)C(C2)C1(C)O. The first-order valence-electron chi connectivity index (χ1n) is 15.6. The molecule has 6 heteroatoms. The van der Waals surface area contributed by atoms with E-state index in [-0.39, 0.29) is 12.0 Å². The van der Waals surface area contributed by atoms with Gasteiger partial charge in [0.05, 0.1) is 17.1 Å². The Kier molecular flexibility index (Phi) is 8.75. The molecule has 1 saturated heterocycles. The van der Waals surface area contributed by atoms with Crippen molar-refractivity contribution in [1.29, 1.82) is 0 Å². The third-order valence-electron chi connectivity index (χ3n) is 10.3. The normalized spacial score (nSPS) is 30.3. The maximum absolute atomic E-state index is 12.8. The number of fused-ring (bicyclic) bond motifs is 1. The zero-order valence-corrected chi connectivity index (χ0v) is 24.1. The number of rotatable bonds is 14. The van der Waals surface area contributed by atoms with Crippen LogP contribution in [0.5, 0.6) is 11.5 Å². The van der Waals surface area contributed by atoms with Gasteiger partial charge in [0, 0.05) is 24.6 Å². The van der Waals surface area contributed by atoms with Crippen molar-refractivity contribution in [2.24, 2.45) is 5.92 Å². The molecular weight excluding hydrogens is 490 g/mol. The lowest BCUT2D eigenvalue weighted by Crippen LogP contribution is -2.74. The van der Waals surface area contributed by atoms with Crippen LogP contribution < -0.4 is 9.47 Å². The number of unbranched alkanes of at least 4 members (excludes halogenated alkanes) is 6. The standard InChI is InChI=1S/C33H49NO5/c1-4-6-7-8-9-10-11-12-16-28(36)38-26-18-17-24-21-27-32(3,37)33(19-20-34(27)22-23-14-13-15-23)29(24)30(26)39-31(33)25(35)5-2/h4,17-18,23,25,27,31,35,37H,1,5-16,19-22H2,2-3H3. The van der Waals surface area contributed by atoms with Gasteiger partial charge in [0.1, 0.15) is 6.10 Å². The first-order valence-corrected chi connectivity index (χ1v) is 15.6. The second-order valence-corrected chi connectivity index (χ2v) is 12.7. The number of hydrogen-bond acceptors (Lipinski definition) is 6. The highest BCUT2D eigenvalue weighted by Gasteiger charge is 2.69. The molecule has 6 nitrogen and oxygen atoms in total.